The maximum Gasteiger partial charge on any atom is 0.338 e. The smallest absolute Gasteiger partial charge is 0.338 e. The van der Waals surface area contributed by atoms with E-state index >= 15 is 0 Å². The zero-order valence-electron chi connectivity index (χ0n) is 20.4. The molecule has 0 fully saturated rings. The van der Waals surface area contributed by atoms with Gasteiger partial charge in [0.2, 0.25) is 5.91 Å². The molecule has 1 heterocycles. The summed E-state index contributed by atoms with van der Waals surface area (Å²) >= 11 is 0. The number of benzene rings is 2. The second-order valence-electron chi connectivity index (χ2n) is 9.18. The first-order valence-electron chi connectivity index (χ1n) is 11.0. The van der Waals surface area contributed by atoms with Crippen LogP contribution in [0.3, 0.4) is 0 Å². The van der Waals surface area contributed by atoms with Crippen LogP contribution in [0.1, 0.15) is 65.7 Å². The fourth-order valence-corrected chi connectivity index (χ4v) is 3.37. The minimum Gasteiger partial charge on any atom is -0.449 e. The Bertz CT molecular complexity index is 1260. The molecule has 36 heavy (non-hydrogen) atoms. The van der Waals surface area contributed by atoms with Crippen molar-refractivity contribution in [2.75, 3.05) is 10.2 Å². The van der Waals surface area contributed by atoms with E-state index in [2.05, 4.69) is 16.0 Å². The predicted octanol–water partition coefficient (Wildman–Crippen LogP) is 2.62. The number of hydrogen-bond donors (Lipinski definition) is 3. The van der Waals surface area contributed by atoms with Crippen molar-refractivity contribution in [3.63, 3.8) is 0 Å². The Morgan fingerprint density at radius 3 is 2.11 bits per heavy atom. The fraction of sp³-hybridized carbons (Fsp3) is 0.280. The number of rotatable bonds is 5. The molecule has 1 unspecified atom stereocenters. The average molecular weight is 495 g/mol. The van der Waals surface area contributed by atoms with Crippen molar-refractivity contribution in [2.24, 2.45) is 0 Å². The molecule has 1 aliphatic rings. The van der Waals surface area contributed by atoms with Crippen LogP contribution < -0.4 is 20.9 Å². The van der Waals surface area contributed by atoms with Gasteiger partial charge in [-0.1, -0.05) is 0 Å². The Labute approximate surface area is 207 Å². The number of nitrogens with zero attached hydrogens (tertiary/aromatic N) is 1. The van der Waals surface area contributed by atoms with Crippen LogP contribution in [0.25, 0.3) is 0 Å². The summed E-state index contributed by atoms with van der Waals surface area (Å²) in [6.45, 7) is 7.87. The Hall–Kier alpha value is -4.54. The second kappa shape index (κ2) is 9.98. The summed E-state index contributed by atoms with van der Waals surface area (Å²) in [6.07, 6.45) is -1.30. The summed E-state index contributed by atoms with van der Waals surface area (Å²) in [7, 11) is 0. The average Bonchev–Trinajstić information content (AvgIpc) is 3.02. The zero-order chi connectivity index (χ0) is 26.8. The molecule has 1 aliphatic heterocycles. The van der Waals surface area contributed by atoms with E-state index in [1.54, 1.807) is 32.9 Å². The molecule has 0 aromatic heterocycles. The van der Waals surface area contributed by atoms with Gasteiger partial charge in [-0.2, -0.15) is 0 Å². The maximum absolute atomic E-state index is 13.0. The van der Waals surface area contributed by atoms with E-state index in [4.69, 9.17) is 4.74 Å². The van der Waals surface area contributed by atoms with Crippen LogP contribution in [0.5, 0.6) is 0 Å². The Morgan fingerprint density at radius 1 is 0.917 bits per heavy atom. The number of nitrogens with one attached hydrogen (secondary N) is 3. The molecular formula is C25H26N4O7. The first-order chi connectivity index (χ1) is 16.8. The van der Waals surface area contributed by atoms with Gasteiger partial charge >= 0.3 is 12.0 Å². The number of fused-ring (bicyclic) bond motifs is 1. The van der Waals surface area contributed by atoms with Crippen LogP contribution in [-0.2, 0) is 14.3 Å². The minimum atomic E-state index is -1.30. The van der Waals surface area contributed by atoms with Crippen molar-refractivity contribution in [1.29, 1.82) is 0 Å². The number of ether oxygens (including phenoxy) is 1. The van der Waals surface area contributed by atoms with Crippen LogP contribution in [0, 0.1) is 0 Å². The Balaban J connectivity index is 1.71. The van der Waals surface area contributed by atoms with Crippen molar-refractivity contribution in [2.45, 2.75) is 46.3 Å². The first kappa shape index (κ1) is 26.1. The van der Waals surface area contributed by atoms with Gasteiger partial charge < -0.3 is 15.4 Å². The number of urea groups is 1. The highest BCUT2D eigenvalue weighted by Crippen LogP contribution is 2.30. The van der Waals surface area contributed by atoms with E-state index in [-0.39, 0.29) is 22.6 Å². The summed E-state index contributed by atoms with van der Waals surface area (Å²) in [4.78, 5) is 74.6. The standard InChI is InChI=1S/C25H26N4O7/c1-13(20(31)27-24(35)28-25(3,4)5)36-23(34)15-6-11-18-19(12-15)22(33)29(21(18)32)17-9-7-16(8-10-17)26-14(2)30/h6-13H,1-5H3,(H,26,30)(H2,27,28,31,35). The van der Waals surface area contributed by atoms with Gasteiger partial charge in [0.1, 0.15) is 0 Å². The molecule has 11 nitrogen and oxygen atoms in total. The minimum absolute atomic E-state index is 0.00190. The van der Waals surface area contributed by atoms with E-state index in [0.717, 1.165) is 4.90 Å². The summed E-state index contributed by atoms with van der Waals surface area (Å²) in [5.74, 6) is -3.20. The third kappa shape index (κ3) is 5.93. The molecule has 11 heteroatoms. The molecule has 0 saturated carbocycles. The molecule has 2 aromatic carbocycles. The number of imide groups is 2. The molecule has 0 aliphatic carbocycles. The third-order valence-electron chi connectivity index (χ3n) is 4.95. The second-order valence-corrected chi connectivity index (χ2v) is 9.18. The molecule has 0 bridgehead atoms. The molecule has 3 N–H and O–H groups in total. The Kier molecular flexibility index (Phi) is 7.23. The molecule has 3 rings (SSSR count). The van der Waals surface area contributed by atoms with Crippen LogP contribution in [0.4, 0.5) is 16.2 Å². The number of carbonyl (C=O) groups excluding carboxylic acids is 6. The summed E-state index contributed by atoms with van der Waals surface area (Å²) in [6, 6.07) is 9.26. The van der Waals surface area contributed by atoms with Gasteiger partial charge in [0.25, 0.3) is 17.7 Å². The van der Waals surface area contributed by atoms with Crippen molar-refractivity contribution < 1.29 is 33.5 Å². The summed E-state index contributed by atoms with van der Waals surface area (Å²) in [5.41, 5.74) is 0.283. The molecule has 0 saturated heterocycles. The van der Waals surface area contributed by atoms with Gasteiger partial charge in [0, 0.05) is 18.2 Å². The van der Waals surface area contributed by atoms with E-state index in [1.165, 1.54) is 44.2 Å². The quantitative estimate of drug-likeness (QED) is 0.427. The van der Waals surface area contributed by atoms with Crippen molar-refractivity contribution in [1.82, 2.24) is 10.6 Å². The topological polar surface area (TPSA) is 151 Å². The van der Waals surface area contributed by atoms with Crippen LogP contribution >= 0.6 is 0 Å². The van der Waals surface area contributed by atoms with E-state index in [9.17, 15) is 28.8 Å². The van der Waals surface area contributed by atoms with Crippen LogP contribution in [0.15, 0.2) is 42.5 Å². The predicted molar refractivity (Wildman–Crippen MR) is 130 cm³/mol. The normalized spacial score (nSPS) is 13.5. The van der Waals surface area contributed by atoms with E-state index in [0.29, 0.717) is 11.4 Å². The van der Waals surface area contributed by atoms with Gasteiger partial charge in [-0.3, -0.25) is 24.5 Å². The zero-order valence-corrected chi connectivity index (χ0v) is 20.4. The van der Waals surface area contributed by atoms with Crippen LogP contribution in [-0.4, -0.2) is 47.3 Å². The summed E-state index contributed by atoms with van der Waals surface area (Å²) < 4.78 is 5.13. The Morgan fingerprint density at radius 2 is 1.53 bits per heavy atom. The molecule has 0 spiro atoms. The molecule has 188 valence electrons. The highest BCUT2D eigenvalue weighted by Gasteiger charge is 2.37. The number of hydrogen-bond acceptors (Lipinski definition) is 7. The highest BCUT2D eigenvalue weighted by atomic mass is 16.5. The number of carbonyl (C=O) groups is 6. The fourth-order valence-electron chi connectivity index (χ4n) is 3.37. The van der Waals surface area contributed by atoms with Gasteiger partial charge in [0.15, 0.2) is 6.10 Å². The molecule has 0 radical (unpaired) electrons. The first-order valence-corrected chi connectivity index (χ1v) is 11.0. The monoisotopic (exact) mass is 494 g/mol. The number of esters is 1. The maximum atomic E-state index is 13.0. The molecule has 2 aromatic rings. The van der Waals surface area contributed by atoms with Gasteiger partial charge in [0.05, 0.1) is 22.4 Å². The lowest BCUT2D eigenvalue weighted by molar-refractivity contribution is -0.128. The lowest BCUT2D eigenvalue weighted by Gasteiger charge is -2.21. The van der Waals surface area contributed by atoms with Crippen LogP contribution in [0.2, 0.25) is 0 Å². The highest BCUT2D eigenvalue weighted by molar-refractivity contribution is 6.34. The van der Waals surface area contributed by atoms with E-state index in [1.807, 2.05) is 0 Å². The molecule has 6 amide bonds. The van der Waals surface area contributed by atoms with Gasteiger partial charge in [-0.05, 0) is 70.2 Å². The third-order valence-corrected chi connectivity index (χ3v) is 4.95. The van der Waals surface area contributed by atoms with Gasteiger partial charge in [-0.15, -0.1) is 0 Å². The largest absolute Gasteiger partial charge is 0.449 e. The van der Waals surface area contributed by atoms with E-state index < -0.39 is 41.4 Å². The summed E-state index contributed by atoms with van der Waals surface area (Å²) in [5, 5.41) is 7.24. The van der Waals surface area contributed by atoms with Crippen molar-refractivity contribution in [3.8, 4) is 0 Å². The lowest BCUT2D eigenvalue weighted by Crippen LogP contribution is -2.50. The molecular weight excluding hydrogens is 468 g/mol. The SMILES string of the molecule is CC(=O)Nc1ccc(N2C(=O)c3ccc(C(=O)OC(C)C(=O)NC(=O)NC(C)(C)C)cc3C2=O)cc1. The van der Waals surface area contributed by atoms with Crippen molar-refractivity contribution >= 4 is 47.0 Å². The van der Waals surface area contributed by atoms with Crippen molar-refractivity contribution in [3.05, 3.63) is 59.2 Å². The number of anilines is 2. The molecule has 1 atom stereocenters. The number of amides is 6. The van der Waals surface area contributed by atoms with Gasteiger partial charge in [-0.25, -0.2) is 14.5 Å². The lowest BCUT2D eigenvalue weighted by atomic mass is 10.1.